The fourth-order valence-corrected chi connectivity index (χ4v) is 3.22. The minimum atomic E-state index is -3.84. The molecule has 8 nitrogen and oxygen atoms in total. The van der Waals surface area contributed by atoms with Gasteiger partial charge < -0.3 is 9.84 Å². The van der Waals surface area contributed by atoms with Crippen molar-refractivity contribution in [2.45, 2.75) is 11.8 Å². The first kappa shape index (κ1) is 17.9. The van der Waals surface area contributed by atoms with Crippen LogP contribution in [0.1, 0.15) is 16.1 Å². The van der Waals surface area contributed by atoms with Crippen LogP contribution in [0.15, 0.2) is 58.2 Å². The van der Waals surface area contributed by atoms with Crippen molar-refractivity contribution in [3.05, 3.63) is 65.1 Å². The number of benzene rings is 1. The monoisotopic (exact) mass is 392 g/mol. The number of amides is 1. The predicted octanol–water partition coefficient (Wildman–Crippen LogP) is 3.08. The van der Waals surface area contributed by atoms with Crippen LogP contribution in [0, 0.1) is 6.92 Å². The molecule has 2 aromatic heterocycles. The summed E-state index contributed by atoms with van der Waals surface area (Å²) >= 11 is 5.76. The van der Waals surface area contributed by atoms with Gasteiger partial charge in [-0.3, -0.25) is 14.5 Å². The molecule has 10 heteroatoms. The lowest BCUT2D eigenvalue weighted by Gasteiger charge is -2.09. The molecule has 26 heavy (non-hydrogen) atoms. The van der Waals surface area contributed by atoms with Gasteiger partial charge in [0.1, 0.15) is 5.76 Å². The summed E-state index contributed by atoms with van der Waals surface area (Å²) in [7, 11) is -3.84. The molecule has 0 aliphatic carbocycles. The first-order chi connectivity index (χ1) is 12.3. The number of nitrogens with one attached hydrogen (secondary N) is 2. The van der Waals surface area contributed by atoms with Crippen LogP contribution in [0.4, 0.5) is 11.5 Å². The molecule has 1 aromatic carbocycles. The number of rotatable bonds is 5. The van der Waals surface area contributed by atoms with Crippen LogP contribution < -0.4 is 10.0 Å². The molecule has 1 amide bonds. The molecule has 0 radical (unpaired) electrons. The van der Waals surface area contributed by atoms with E-state index in [1.54, 1.807) is 13.0 Å². The quantitative estimate of drug-likeness (QED) is 0.689. The molecule has 0 saturated heterocycles. The van der Waals surface area contributed by atoms with Gasteiger partial charge in [-0.25, -0.2) is 8.42 Å². The summed E-state index contributed by atoms with van der Waals surface area (Å²) < 4.78 is 32.0. The number of aryl methyl sites for hydroxylation is 1. The first-order valence-corrected chi connectivity index (χ1v) is 9.18. The molecule has 0 fully saturated rings. The highest BCUT2D eigenvalue weighted by atomic mass is 35.5. The Hall–Kier alpha value is -2.91. The molecule has 3 aromatic rings. The van der Waals surface area contributed by atoms with E-state index in [1.165, 1.54) is 42.7 Å². The summed E-state index contributed by atoms with van der Waals surface area (Å²) in [4.78, 5) is 16.2. The van der Waals surface area contributed by atoms with Crippen molar-refractivity contribution in [3.8, 4) is 0 Å². The molecular weight excluding hydrogens is 380 g/mol. The molecule has 0 aliphatic rings. The summed E-state index contributed by atoms with van der Waals surface area (Å²) in [6.07, 6.45) is 2.60. The Morgan fingerprint density at radius 1 is 1.15 bits per heavy atom. The number of carbonyl (C=O) groups is 1. The molecule has 0 bridgehead atoms. The second kappa shape index (κ2) is 7.14. The van der Waals surface area contributed by atoms with Crippen molar-refractivity contribution >= 4 is 39.0 Å². The van der Waals surface area contributed by atoms with Gasteiger partial charge in [-0.15, -0.1) is 0 Å². The van der Waals surface area contributed by atoms with E-state index >= 15 is 0 Å². The molecule has 0 spiro atoms. The van der Waals surface area contributed by atoms with E-state index in [0.717, 1.165) is 0 Å². The Balaban J connectivity index is 1.78. The third kappa shape index (κ3) is 4.19. The van der Waals surface area contributed by atoms with Gasteiger partial charge >= 0.3 is 0 Å². The summed E-state index contributed by atoms with van der Waals surface area (Å²) in [6, 6.07) is 8.61. The number of hydrogen-bond donors (Lipinski definition) is 2. The SMILES string of the molecule is Cc1cc(NC(=O)c2cncc(NS(=O)(=O)c3ccc(Cl)cc3)c2)no1. The van der Waals surface area contributed by atoms with Crippen LogP contribution in [0.5, 0.6) is 0 Å². The zero-order chi connectivity index (χ0) is 18.7. The van der Waals surface area contributed by atoms with Gasteiger partial charge in [0.05, 0.1) is 22.3 Å². The van der Waals surface area contributed by atoms with Crippen LogP contribution in [0.25, 0.3) is 0 Å². The summed E-state index contributed by atoms with van der Waals surface area (Å²) in [6.45, 7) is 1.69. The van der Waals surface area contributed by atoms with Crippen LogP contribution in [0.3, 0.4) is 0 Å². The Labute approximate surface area is 154 Å². The number of hydrogen-bond acceptors (Lipinski definition) is 6. The standard InChI is InChI=1S/C16H13ClN4O4S/c1-10-6-15(20-25-10)19-16(22)11-7-13(9-18-8-11)21-26(23,24)14-4-2-12(17)3-5-14/h2-9,21H,1H3,(H,19,20,22). The minimum absolute atomic E-state index is 0.0369. The van der Waals surface area contributed by atoms with E-state index in [1.807, 2.05) is 0 Å². The third-order valence-electron chi connectivity index (χ3n) is 3.25. The number of sulfonamides is 1. The highest BCUT2D eigenvalue weighted by Crippen LogP contribution is 2.19. The average molecular weight is 393 g/mol. The van der Waals surface area contributed by atoms with Crippen LogP contribution in [-0.2, 0) is 10.0 Å². The zero-order valence-electron chi connectivity index (χ0n) is 13.4. The molecule has 0 unspecified atom stereocenters. The number of carbonyl (C=O) groups excluding carboxylic acids is 1. The maximum atomic E-state index is 12.4. The lowest BCUT2D eigenvalue weighted by Crippen LogP contribution is -2.15. The summed E-state index contributed by atoms with van der Waals surface area (Å²) in [5.41, 5.74) is 0.297. The largest absolute Gasteiger partial charge is 0.360 e. The van der Waals surface area contributed by atoms with Gasteiger partial charge in [0.15, 0.2) is 5.82 Å². The number of anilines is 2. The third-order valence-corrected chi connectivity index (χ3v) is 4.90. The topological polar surface area (TPSA) is 114 Å². The molecule has 3 rings (SSSR count). The van der Waals surface area contributed by atoms with E-state index in [9.17, 15) is 13.2 Å². The minimum Gasteiger partial charge on any atom is -0.360 e. The van der Waals surface area contributed by atoms with Crippen molar-refractivity contribution in [3.63, 3.8) is 0 Å². The Bertz CT molecular complexity index is 1050. The second-order valence-electron chi connectivity index (χ2n) is 5.30. The van der Waals surface area contributed by atoms with Gasteiger partial charge in [-0.05, 0) is 37.3 Å². The van der Waals surface area contributed by atoms with Crippen LogP contribution in [-0.4, -0.2) is 24.5 Å². The van der Waals surface area contributed by atoms with Gasteiger partial charge in [-0.1, -0.05) is 16.8 Å². The Morgan fingerprint density at radius 3 is 2.54 bits per heavy atom. The van der Waals surface area contributed by atoms with E-state index < -0.39 is 15.9 Å². The maximum Gasteiger partial charge on any atom is 0.261 e. The van der Waals surface area contributed by atoms with Gasteiger partial charge in [0, 0.05) is 17.3 Å². The van der Waals surface area contributed by atoms with Crippen molar-refractivity contribution in [1.82, 2.24) is 10.1 Å². The Kier molecular flexibility index (Phi) is 4.92. The Morgan fingerprint density at radius 2 is 1.88 bits per heavy atom. The van der Waals surface area contributed by atoms with Crippen LogP contribution in [0.2, 0.25) is 5.02 Å². The van der Waals surface area contributed by atoms with Gasteiger partial charge in [0.2, 0.25) is 0 Å². The van der Waals surface area contributed by atoms with Gasteiger partial charge in [-0.2, -0.15) is 0 Å². The van der Waals surface area contributed by atoms with Crippen molar-refractivity contribution in [2.75, 3.05) is 10.0 Å². The fourth-order valence-electron chi connectivity index (χ4n) is 2.06. The first-order valence-electron chi connectivity index (χ1n) is 7.31. The highest BCUT2D eigenvalue weighted by Gasteiger charge is 2.16. The molecule has 134 valence electrons. The van der Waals surface area contributed by atoms with Gasteiger partial charge in [0.25, 0.3) is 15.9 Å². The van der Waals surface area contributed by atoms with Crippen LogP contribution >= 0.6 is 11.6 Å². The lowest BCUT2D eigenvalue weighted by molar-refractivity contribution is 0.102. The number of pyridine rings is 1. The van der Waals surface area contributed by atoms with Crippen molar-refractivity contribution < 1.29 is 17.7 Å². The van der Waals surface area contributed by atoms with E-state index in [0.29, 0.717) is 10.8 Å². The van der Waals surface area contributed by atoms with E-state index in [2.05, 4.69) is 20.2 Å². The normalized spacial score (nSPS) is 11.2. The lowest BCUT2D eigenvalue weighted by atomic mass is 10.2. The summed E-state index contributed by atoms with van der Waals surface area (Å²) in [5, 5.41) is 6.62. The maximum absolute atomic E-state index is 12.4. The molecule has 2 N–H and O–H groups in total. The predicted molar refractivity (Wildman–Crippen MR) is 95.7 cm³/mol. The second-order valence-corrected chi connectivity index (χ2v) is 7.42. The number of nitrogens with zero attached hydrogens (tertiary/aromatic N) is 2. The zero-order valence-corrected chi connectivity index (χ0v) is 15.0. The molecular formula is C16H13ClN4O4S. The fraction of sp³-hybridized carbons (Fsp3) is 0.0625. The molecule has 0 saturated carbocycles. The number of halogens is 1. The van der Waals surface area contributed by atoms with E-state index in [-0.39, 0.29) is 22.0 Å². The number of aromatic nitrogens is 2. The highest BCUT2D eigenvalue weighted by molar-refractivity contribution is 7.92. The van der Waals surface area contributed by atoms with Crippen molar-refractivity contribution in [2.24, 2.45) is 0 Å². The smallest absolute Gasteiger partial charge is 0.261 e. The molecule has 2 heterocycles. The average Bonchev–Trinajstić information content (AvgIpc) is 3.00. The summed E-state index contributed by atoms with van der Waals surface area (Å²) in [5.74, 6) is 0.292. The molecule has 0 atom stereocenters. The molecule has 0 aliphatic heterocycles. The van der Waals surface area contributed by atoms with E-state index in [4.69, 9.17) is 16.1 Å². The van der Waals surface area contributed by atoms with Crippen molar-refractivity contribution in [1.29, 1.82) is 0 Å².